The molecule has 11 atom stereocenters. The van der Waals surface area contributed by atoms with E-state index in [-0.39, 0.29) is 36.4 Å². The van der Waals surface area contributed by atoms with Crippen LogP contribution in [0.15, 0.2) is 102 Å². The minimum absolute atomic E-state index is 0.115. The van der Waals surface area contributed by atoms with Gasteiger partial charge < -0.3 is 39.6 Å². The summed E-state index contributed by atoms with van der Waals surface area (Å²) in [6.07, 6.45) is -7.45. The van der Waals surface area contributed by atoms with Crippen LogP contribution >= 0.6 is 0 Å². The number of rotatable bonds is 12. The second-order valence-corrected chi connectivity index (χ2v) is 19.0. The van der Waals surface area contributed by atoms with Crippen LogP contribution in [0.25, 0.3) is 0 Å². The van der Waals surface area contributed by atoms with Crippen molar-refractivity contribution in [2.24, 2.45) is 28.1 Å². The highest BCUT2D eigenvalue weighted by atomic mass is 16.6. The van der Waals surface area contributed by atoms with Crippen molar-refractivity contribution in [3.63, 3.8) is 0 Å². The van der Waals surface area contributed by atoms with Crippen molar-refractivity contribution in [1.29, 1.82) is 0 Å². The molecule has 2 saturated carbocycles. The zero-order chi connectivity index (χ0) is 46.6. The number of carbonyl (C=O) groups excluding carboxylic acids is 5. The predicted molar refractivity (Wildman–Crippen MR) is 230 cm³/mol. The van der Waals surface area contributed by atoms with Crippen LogP contribution < -0.4 is 5.32 Å². The molecule has 0 radical (unpaired) electrons. The lowest BCUT2D eigenvalue weighted by Gasteiger charge is -2.71. The van der Waals surface area contributed by atoms with E-state index in [1.54, 1.807) is 126 Å². The molecule has 1 aliphatic heterocycles. The fourth-order valence-electron chi connectivity index (χ4n) is 11.2. The van der Waals surface area contributed by atoms with Gasteiger partial charge in [0.1, 0.15) is 29.6 Å². The molecule has 340 valence electrons. The van der Waals surface area contributed by atoms with Crippen LogP contribution in [-0.2, 0) is 38.1 Å². The summed E-state index contributed by atoms with van der Waals surface area (Å²) in [5.74, 6) is -7.20. The van der Waals surface area contributed by atoms with Crippen molar-refractivity contribution in [2.75, 3.05) is 6.61 Å². The number of esters is 3. The lowest BCUT2D eigenvalue weighted by Crippen LogP contribution is -2.80. The largest absolute Gasteiger partial charge is 0.481 e. The summed E-state index contributed by atoms with van der Waals surface area (Å²) < 4.78 is 24.8. The molecular weight excluding hydrogens is 823 g/mol. The third-order valence-electron chi connectivity index (χ3n) is 15.1. The van der Waals surface area contributed by atoms with Crippen LogP contribution in [-0.4, -0.2) is 93.1 Å². The molecule has 7 rings (SSSR count). The molecule has 0 aromatic heterocycles. The minimum atomic E-state index is -2.11. The standard InChI is InChI=1S/C50H57NO13/c1-28-33(62-45(59)39(63-36(55)24-23-35(53)54)38(30-17-11-8-12-18-30)51-43(57)31-19-13-9-14-20-31)25-50(60)42(64-44(58)32-21-15-10-16-22-32)40-47(5)27-61-48(47,6)26-34(52)49(40,7)41(56)29(2)37(28)46(50,3)4/h8-22,29,33-34,38-40,42,52,60H,23-27H2,1-7H3,(H,51,57)(H,53,54)/t29-,33+,34+,38+,39-,40-,42+,47+,48+,49-,50-/m1/s1. The number of fused-ring (bicyclic) bond motifs is 5. The topological polar surface area (TPSA) is 212 Å². The monoisotopic (exact) mass is 879 g/mol. The number of Topliss-reactive ketones (excluding diaryl/α,β-unsaturated/α-hetero) is 1. The highest BCUT2D eigenvalue weighted by Gasteiger charge is 2.77. The molecule has 1 heterocycles. The van der Waals surface area contributed by atoms with Crippen molar-refractivity contribution in [1.82, 2.24) is 5.32 Å². The van der Waals surface area contributed by atoms with Crippen LogP contribution in [0, 0.1) is 28.1 Å². The fraction of sp³-hybridized carbons (Fsp3) is 0.480. The highest BCUT2D eigenvalue weighted by Crippen LogP contribution is 2.69. The number of carboxylic acid groups (broad SMARTS) is 1. The summed E-state index contributed by atoms with van der Waals surface area (Å²) in [5.41, 5.74) is -5.30. The first-order chi connectivity index (χ1) is 30.1. The second kappa shape index (κ2) is 17.0. The van der Waals surface area contributed by atoms with Crippen LogP contribution in [0.1, 0.15) is 106 Å². The summed E-state index contributed by atoms with van der Waals surface area (Å²) in [7, 11) is 0. The van der Waals surface area contributed by atoms with E-state index in [2.05, 4.69) is 5.32 Å². The van der Waals surface area contributed by atoms with Gasteiger partial charge in [0.15, 0.2) is 0 Å². The fourth-order valence-corrected chi connectivity index (χ4v) is 11.2. The number of ether oxygens (including phenoxy) is 4. The Hall–Kier alpha value is -5.70. The Morgan fingerprint density at radius 3 is 1.97 bits per heavy atom. The molecule has 14 nitrogen and oxygen atoms in total. The maximum atomic E-state index is 15.4. The number of hydrogen-bond acceptors (Lipinski definition) is 12. The van der Waals surface area contributed by atoms with Gasteiger partial charge in [-0.05, 0) is 61.7 Å². The third-order valence-corrected chi connectivity index (χ3v) is 15.1. The van der Waals surface area contributed by atoms with E-state index in [1.807, 2.05) is 13.8 Å². The molecular formula is C50H57NO13. The quantitative estimate of drug-likeness (QED) is 0.0943. The Morgan fingerprint density at radius 2 is 1.41 bits per heavy atom. The average molecular weight is 880 g/mol. The molecule has 0 spiro atoms. The predicted octanol–water partition coefficient (Wildman–Crippen LogP) is 5.95. The Labute approximate surface area is 372 Å². The van der Waals surface area contributed by atoms with Crippen molar-refractivity contribution < 1.29 is 63.0 Å². The molecule has 3 aromatic carbocycles. The highest BCUT2D eigenvalue weighted by molar-refractivity contribution is 5.95. The van der Waals surface area contributed by atoms with Gasteiger partial charge in [0.25, 0.3) is 5.91 Å². The van der Waals surface area contributed by atoms with E-state index in [1.165, 1.54) is 0 Å². The number of carboxylic acids is 1. The molecule has 1 amide bonds. The van der Waals surface area contributed by atoms with E-state index in [0.717, 1.165) is 0 Å². The first-order valence-corrected chi connectivity index (χ1v) is 21.7. The molecule has 2 bridgehead atoms. The first kappa shape index (κ1) is 46.3. The molecule has 4 aliphatic rings. The number of hydrogen-bond donors (Lipinski definition) is 4. The van der Waals surface area contributed by atoms with Crippen LogP contribution in [0.4, 0.5) is 0 Å². The van der Waals surface area contributed by atoms with Crippen molar-refractivity contribution in [3.8, 4) is 0 Å². The van der Waals surface area contributed by atoms with Gasteiger partial charge in [0.2, 0.25) is 6.10 Å². The van der Waals surface area contributed by atoms with Crippen molar-refractivity contribution in [3.05, 3.63) is 119 Å². The molecule has 3 aromatic rings. The van der Waals surface area contributed by atoms with E-state index in [4.69, 9.17) is 18.9 Å². The summed E-state index contributed by atoms with van der Waals surface area (Å²) in [4.78, 5) is 83.2. The van der Waals surface area contributed by atoms with E-state index in [0.29, 0.717) is 16.7 Å². The zero-order valence-corrected chi connectivity index (χ0v) is 37.2. The summed E-state index contributed by atoms with van der Waals surface area (Å²) in [6, 6.07) is 23.3. The first-order valence-electron chi connectivity index (χ1n) is 21.7. The normalized spacial score (nSPS) is 32.5. The van der Waals surface area contributed by atoms with Gasteiger partial charge in [-0.3, -0.25) is 19.2 Å². The van der Waals surface area contributed by atoms with Crippen LogP contribution in [0.2, 0.25) is 0 Å². The molecule has 3 aliphatic carbocycles. The molecule has 14 heteroatoms. The van der Waals surface area contributed by atoms with Crippen LogP contribution in [0.5, 0.6) is 0 Å². The zero-order valence-electron chi connectivity index (χ0n) is 37.2. The van der Waals surface area contributed by atoms with Crippen LogP contribution in [0.3, 0.4) is 0 Å². The number of carbonyl (C=O) groups is 6. The summed E-state index contributed by atoms with van der Waals surface area (Å²) in [5, 5.41) is 38.1. The summed E-state index contributed by atoms with van der Waals surface area (Å²) >= 11 is 0. The number of aliphatic hydroxyl groups excluding tert-OH is 1. The van der Waals surface area contributed by atoms with Gasteiger partial charge in [-0.2, -0.15) is 0 Å². The van der Waals surface area contributed by atoms with Gasteiger partial charge in [-0.25, -0.2) is 9.59 Å². The number of aliphatic carboxylic acids is 1. The number of nitrogens with one attached hydrogen (secondary N) is 1. The molecule has 4 N–H and O–H groups in total. The van der Waals surface area contributed by atoms with E-state index < -0.39 is 112 Å². The lowest BCUT2D eigenvalue weighted by molar-refractivity contribution is -0.353. The maximum Gasteiger partial charge on any atom is 0.350 e. The van der Waals surface area contributed by atoms with Crippen molar-refractivity contribution in [2.45, 2.75) is 116 Å². The SMILES string of the molecule is CC1=C2[C@@H](C)C(=O)[C@]3(C)[C@@H](O)C[C@]4(C)OC[C@@]4(C)[C@H]3[C@H](OC(=O)c3ccccc3)[C@](O)(C[C@@H]1OC(=O)[C@H](OC(=O)CCC(=O)O)[C@@H](NC(=O)c1ccccc1)c1ccccc1)C2(C)C. The molecule has 0 unspecified atom stereocenters. The van der Waals surface area contributed by atoms with Gasteiger partial charge in [-0.1, -0.05) is 94.4 Å². The Morgan fingerprint density at radius 1 is 0.828 bits per heavy atom. The number of benzene rings is 3. The third kappa shape index (κ3) is 7.62. The maximum absolute atomic E-state index is 15.4. The van der Waals surface area contributed by atoms with E-state index in [9.17, 15) is 39.3 Å². The minimum Gasteiger partial charge on any atom is -0.481 e. The average Bonchev–Trinajstić information content (AvgIpc) is 3.27. The molecule has 3 fully saturated rings. The Kier molecular flexibility index (Phi) is 12.3. The summed E-state index contributed by atoms with van der Waals surface area (Å²) in [6.45, 7) is 12.5. The second-order valence-electron chi connectivity index (χ2n) is 19.0. The van der Waals surface area contributed by atoms with Gasteiger partial charge in [-0.15, -0.1) is 0 Å². The van der Waals surface area contributed by atoms with E-state index >= 15 is 4.79 Å². The molecule has 1 saturated heterocycles. The number of aliphatic hydroxyl groups is 2. The Balaban J connectivity index is 1.36. The smallest absolute Gasteiger partial charge is 0.350 e. The number of amides is 1. The van der Waals surface area contributed by atoms with Gasteiger partial charge in [0, 0.05) is 41.1 Å². The van der Waals surface area contributed by atoms with Crippen molar-refractivity contribution >= 4 is 35.6 Å². The lowest BCUT2D eigenvalue weighted by atomic mass is 9.39. The van der Waals surface area contributed by atoms with Gasteiger partial charge >= 0.3 is 23.9 Å². The molecule has 64 heavy (non-hydrogen) atoms. The Bertz CT molecular complexity index is 2350. The van der Waals surface area contributed by atoms with Gasteiger partial charge in [0.05, 0.1) is 42.1 Å². The number of ketones is 1.